The van der Waals surface area contributed by atoms with Crippen molar-refractivity contribution in [2.24, 2.45) is 0 Å². The zero-order valence-corrected chi connectivity index (χ0v) is 8.49. The van der Waals surface area contributed by atoms with E-state index >= 15 is 0 Å². The first-order valence-electron chi connectivity index (χ1n) is 4.46. The number of nitrogens with zero attached hydrogens (tertiary/aromatic N) is 2. The van der Waals surface area contributed by atoms with Crippen molar-refractivity contribution in [2.45, 2.75) is 6.04 Å². The molecule has 1 aromatic rings. The maximum absolute atomic E-state index is 4.12. The molecule has 1 rings (SSSR count). The van der Waals surface area contributed by atoms with E-state index in [0.717, 1.165) is 6.54 Å². The van der Waals surface area contributed by atoms with Gasteiger partial charge in [0.2, 0.25) is 0 Å². The Balaban J connectivity index is 2.76. The first-order valence-corrected chi connectivity index (χ1v) is 4.46. The summed E-state index contributed by atoms with van der Waals surface area (Å²) in [6, 6.07) is 4.48. The summed E-state index contributed by atoms with van der Waals surface area (Å²) in [6.07, 6.45) is 3.72. The summed E-state index contributed by atoms with van der Waals surface area (Å²) in [5.74, 6) is 0. The van der Waals surface area contributed by atoms with Gasteiger partial charge >= 0.3 is 0 Å². The molecule has 0 spiro atoms. The molecule has 1 aromatic heterocycles. The average molecular weight is 179 g/mol. The number of hydrogen-bond acceptors (Lipinski definition) is 3. The highest BCUT2D eigenvalue weighted by molar-refractivity contribution is 5.14. The molecule has 0 aliphatic rings. The Morgan fingerprint density at radius 3 is 2.77 bits per heavy atom. The van der Waals surface area contributed by atoms with Crippen molar-refractivity contribution in [3.63, 3.8) is 0 Å². The second-order valence-corrected chi connectivity index (χ2v) is 3.32. The minimum Gasteiger partial charge on any atom is -0.318 e. The molecule has 0 aromatic carbocycles. The lowest BCUT2D eigenvalue weighted by Crippen LogP contribution is -2.29. The normalized spacial score (nSPS) is 13.2. The van der Waals surface area contributed by atoms with Crippen molar-refractivity contribution in [3.05, 3.63) is 30.1 Å². The summed E-state index contributed by atoms with van der Waals surface area (Å²) >= 11 is 0. The molecule has 1 heterocycles. The molecule has 1 N–H and O–H groups in total. The van der Waals surface area contributed by atoms with Crippen LogP contribution in [0.4, 0.5) is 0 Å². The van der Waals surface area contributed by atoms with Gasteiger partial charge in [-0.25, -0.2) is 0 Å². The van der Waals surface area contributed by atoms with Crippen LogP contribution in [0, 0.1) is 0 Å². The molecule has 0 amide bonds. The van der Waals surface area contributed by atoms with Crippen LogP contribution in [0.5, 0.6) is 0 Å². The van der Waals surface area contributed by atoms with Crippen LogP contribution in [-0.4, -0.2) is 37.6 Å². The molecular formula is C10H17N3. The van der Waals surface area contributed by atoms with Gasteiger partial charge in [-0.1, -0.05) is 6.07 Å². The van der Waals surface area contributed by atoms with Gasteiger partial charge in [-0.15, -0.1) is 0 Å². The van der Waals surface area contributed by atoms with Crippen molar-refractivity contribution in [2.75, 3.05) is 27.7 Å². The van der Waals surface area contributed by atoms with E-state index in [0.29, 0.717) is 6.04 Å². The minimum absolute atomic E-state index is 0.402. The van der Waals surface area contributed by atoms with E-state index in [1.54, 1.807) is 6.20 Å². The second kappa shape index (κ2) is 4.94. The zero-order valence-electron chi connectivity index (χ0n) is 8.49. The summed E-state index contributed by atoms with van der Waals surface area (Å²) in [4.78, 5) is 6.30. The van der Waals surface area contributed by atoms with Crippen LogP contribution in [0.15, 0.2) is 24.5 Å². The molecule has 1 atom stereocenters. The van der Waals surface area contributed by atoms with Crippen LogP contribution in [0.1, 0.15) is 11.6 Å². The maximum atomic E-state index is 4.12. The number of nitrogens with one attached hydrogen (secondary N) is 1. The number of aromatic nitrogens is 1. The standard InChI is InChI=1S/C10H17N3/c1-11-8-10(13(2)3)9-5-4-6-12-7-9/h4-7,10-11H,8H2,1-3H3. The molecule has 0 aliphatic heterocycles. The number of hydrogen-bond donors (Lipinski definition) is 1. The lowest BCUT2D eigenvalue weighted by molar-refractivity contribution is 0.293. The van der Waals surface area contributed by atoms with Gasteiger partial charge < -0.3 is 10.2 Å². The van der Waals surface area contributed by atoms with E-state index in [1.807, 2.05) is 19.3 Å². The molecule has 72 valence electrons. The number of rotatable bonds is 4. The lowest BCUT2D eigenvalue weighted by Gasteiger charge is -2.23. The summed E-state index contributed by atoms with van der Waals surface area (Å²) in [5.41, 5.74) is 1.25. The van der Waals surface area contributed by atoms with E-state index in [4.69, 9.17) is 0 Å². The van der Waals surface area contributed by atoms with E-state index in [9.17, 15) is 0 Å². The minimum atomic E-state index is 0.402. The molecule has 13 heavy (non-hydrogen) atoms. The Hall–Kier alpha value is -0.930. The van der Waals surface area contributed by atoms with Crippen LogP contribution in [0.3, 0.4) is 0 Å². The van der Waals surface area contributed by atoms with Crippen molar-refractivity contribution in [3.8, 4) is 0 Å². The van der Waals surface area contributed by atoms with E-state index < -0.39 is 0 Å². The Labute approximate surface area is 79.8 Å². The van der Waals surface area contributed by atoms with Crippen LogP contribution < -0.4 is 5.32 Å². The van der Waals surface area contributed by atoms with Crippen molar-refractivity contribution in [1.82, 2.24) is 15.2 Å². The topological polar surface area (TPSA) is 28.2 Å². The molecule has 0 bridgehead atoms. The number of likely N-dealkylation sites (N-methyl/N-ethyl adjacent to an activating group) is 2. The smallest absolute Gasteiger partial charge is 0.0482 e. The van der Waals surface area contributed by atoms with Crippen LogP contribution in [0.2, 0.25) is 0 Å². The Morgan fingerprint density at radius 2 is 2.31 bits per heavy atom. The van der Waals surface area contributed by atoms with E-state index in [2.05, 4.69) is 35.4 Å². The third kappa shape index (κ3) is 2.79. The third-order valence-electron chi connectivity index (χ3n) is 2.09. The summed E-state index contributed by atoms with van der Waals surface area (Å²) < 4.78 is 0. The fourth-order valence-electron chi connectivity index (χ4n) is 1.36. The molecule has 0 saturated carbocycles. The molecule has 1 unspecified atom stereocenters. The SMILES string of the molecule is CNCC(c1cccnc1)N(C)C. The highest BCUT2D eigenvalue weighted by atomic mass is 15.1. The van der Waals surface area contributed by atoms with Gasteiger partial charge in [-0.2, -0.15) is 0 Å². The predicted molar refractivity (Wildman–Crippen MR) is 54.6 cm³/mol. The third-order valence-corrected chi connectivity index (χ3v) is 2.09. The monoisotopic (exact) mass is 179 g/mol. The van der Waals surface area contributed by atoms with Gasteiger partial charge in [0.1, 0.15) is 0 Å². The lowest BCUT2D eigenvalue weighted by atomic mass is 10.1. The van der Waals surface area contributed by atoms with E-state index in [-0.39, 0.29) is 0 Å². The van der Waals surface area contributed by atoms with Crippen molar-refractivity contribution >= 4 is 0 Å². The van der Waals surface area contributed by atoms with Crippen molar-refractivity contribution < 1.29 is 0 Å². The Bertz CT molecular complexity index is 233. The Kier molecular flexibility index (Phi) is 3.86. The molecular weight excluding hydrogens is 162 g/mol. The molecule has 0 fully saturated rings. The second-order valence-electron chi connectivity index (χ2n) is 3.32. The maximum Gasteiger partial charge on any atom is 0.0482 e. The highest BCUT2D eigenvalue weighted by Crippen LogP contribution is 2.15. The fourth-order valence-corrected chi connectivity index (χ4v) is 1.36. The van der Waals surface area contributed by atoms with Gasteiger partial charge in [0.15, 0.2) is 0 Å². The molecule has 3 nitrogen and oxygen atoms in total. The largest absolute Gasteiger partial charge is 0.318 e. The van der Waals surface area contributed by atoms with Crippen LogP contribution in [0.25, 0.3) is 0 Å². The summed E-state index contributed by atoms with van der Waals surface area (Å²) in [6.45, 7) is 0.943. The molecule has 0 saturated heterocycles. The summed E-state index contributed by atoms with van der Waals surface area (Å²) in [5, 5.41) is 3.18. The Morgan fingerprint density at radius 1 is 1.54 bits per heavy atom. The summed E-state index contributed by atoms with van der Waals surface area (Å²) in [7, 11) is 6.12. The van der Waals surface area contributed by atoms with Crippen LogP contribution >= 0.6 is 0 Å². The first-order chi connectivity index (χ1) is 6.25. The van der Waals surface area contributed by atoms with Gasteiger partial charge in [-0.05, 0) is 32.8 Å². The van der Waals surface area contributed by atoms with Gasteiger partial charge in [0.05, 0.1) is 0 Å². The van der Waals surface area contributed by atoms with Gasteiger partial charge in [-0.3, -0.25) is 4.98 Å². The predicted octanol–water partition coefficient (Wildman–Crippen LogP) is 0.904. The first kappa shape index (κ1) is 10.2. The fraction of sp³-hybridized carbons (Fsp3) is 0.500. The average Bonchev–Trinajstić information content (AvgIpc) is 2.15. The molecule has 0 radical (unpaired) electrons. The molecule has 0 aliphatic carbocycles. The van der Waals surface area contributed by atoms with E-state index in [1.165, 1.54) is 5.56 Å². The zero-order chi connectivity index (χ0) is 9.68. The van der Waals surface area contributed by atoms with Gasteiger partial charge in [0, 0.05) is 25.0 Å². The highest BCUT2D eigenvalue weighted by Gasteiger charge is 2.11. The quantitative estimate of drug-likeness (QED) is 0.744. The van der Waals surface area contributed by atoms with Crippen molar-refractivity contribution in [1.29, 1.82) is 0 Å². The van der Waals surface area contributed by atoms with Gasteiger partial charge in [0.25, 0.3) is 0 Å². The van der Waals surface area contributed by atoms with Crippen LogP contribution in [-0.2, 0) is 0 Å². The number of pyridine rings is 1. The molecule has 3 heteroatoms.